The molecular weight excluding hydrogens is 607 g/mol. The van der Waals surface area contributed by atoms with Crippen LogP contribution in [0.1, 0.15) is 0 Å². The van der Waals surface area contributed by atoms with Gasteiger partial charge in [-0.2, -0.15) is 8.61 Å². The third-order valence-corrected chi connectivity index (χ3v) is 9.71. The van der Waals surface area contributed by atoms with Crippen molar-refractivity contribution in [2.24, 2.45) is 0 Å². The molecule has 0 aliphatic rings. The first-order valence-corrected chi connectivity index (χ1v) is 15.4. The zero-order chi connectivity index (χ0) is 30.4. The Labute approximate surface area is 245 Å². The molecule has 0 bridgehead atoms. The molecule has 0 aliphatic carbocycles. The zero-order valence-corrected chi connectivity index (χ0v) is 26.1. The van der Waals surface area contributed by atoms with E-state index >= 15 is 0 Å². The van der Waals surface area contributed by atoms with Gasteiger partial charge in [-0.3, -0.25) is 0 Å². The van der Waals surface area contributed by atoms with Gasteiger partial charge in [0.05, 0.1) is 0 Å². The van der Waals surface area contributed by atoms with E-state index < -0.39 is 53.3 Å². The van der Waals surface area contributed by atoms with Crippen molar-refractivity contribution >= 4 is 55.2 Å². The predicted octanol–water partition coefficient (Wildman–Crippen LogP) is 1.87. The normalized spacial score (nSPS) is 12.4. The van der Waals surface area contributed by atoms with Crippen molar-refractivity contribution in [3.05, 3.63) is 46.4 Å². The van der Waals surface area contributed by atoms with Crippen LogP contribution in [0.15, 0.2) is 46.2 Å². The molecule has 12 nitrogen and oxygen atoms in total. The van der Waals surface area contributed by atoms with Crippen molar-refractivity contribution < 1.29 is 35.9 Å². The van der Waals surface area contributed by atoms with Crippen LogP contribution in [-0.2, 0) is 29.6 Å². The fourth-order valence-corrected chi connectivity index (χ4v) is 6.15. The van der Waals surface area contributed by atoms with Gasteiger partial charge in [0.15, 0.2) is 11.5 Å². The Hall–Kier alpha value is -2.30. The molecule has 0 radical (unpaired) electrons. The van der Waals surface area contributed by atoms with Crippen LogP contribution in [0.4, 0.5) is 0 Å². The molecule has 0 heterocycles. The number of sulfonamides is 2. The number of esters is 2. The molecule has 0 spiro atoms. The summed E-state index contributed by atoms with van der Waals surface area (Å²) in [5.74, 6) is -4.10. The summed E-state index contributed by atoms with van der Waals surface area (Å²) in [6.45, 7) is 1.06. The highest BCUT2D eigenvalue weighted by atomic mass is 35.5. The average Bonchev–Trinajstić information content (AvgIpc) is 2.87. The number of halogens is 2. The average molecular weight is 640 g/mol. The van der Waals surface area contributed by atoms with E-state index in [4.69, 9.17) is 32.7 Å². The summed E-state index contributed by atoms with van der Waals surface area (Å²) in [6, 6.07) is 6.98. The highest BCUT2D eigenvalue weighted by Gasteiger charge is 2.31. The Morgan fingerprint density at radius 2 is 0.950 bits per heavy atom. The van der Waals surface area contributed by atoms with Gasteiger partial charge in [-0.25, -0.2) is 26.4 Å². The van der Waals surface area contributed by atoms with Gasteiger partial charge in [-0.05, 0) is 64.6 Å². The third kappa shape index (κ3) is 8.85. The molecule has 0 atom stereocenters. The van der Waals surface area contributed by atoms with Crippen LogP contribution in [0.25, 0.3) is 0 Å². The molecule has 0 saturated carbocycles. The van der Waals surface area contributed by atoms with Crippen molar-refractivity contribution in [2.75, 3.05) is 68.5 Å². The number of hydrogen-bond acceptors (Lipinski definition) is 10. The fourth-order valence-electron chi connectivity index (χ4n) is 3.08. The summed E-state index contributed by atoms with van der Waals surface area (Å²) in [5, 5.41) is 0.104. The van der Waals surface area contributed by atoms with Gasteiger partial charge in [-0.15, -0.1) is 0 Å². The Balaban J connectivity index is 2.33. The Bertz CT molecular complexity index is 1340. The van der Waals surface area contributed by atoms with Crippen LogP contribution >= 0.6 is 23.2 Å². The first-order chi connectivity index (χ1) is 18.5. The second-order valence-electron chi connectivity index (χ2n) is 9.22. The second kappa shape index (κ2) is 14.0. The van der Waals surface area contributed by atoms with E-state index in [2.05, 4.69) is 0 Å². The molecule has 40 heavy (non-hydrogen) atoms. The lowest BCUT2D eigenvalue weighted by Gasteiger charge is -2.21. The number of hydrogen-bond donors (Lipinski definition) is 0. The maximum absolute atomic E-state index is 13.2. The molecule has 2 rings (SSSR count). The molecular formula is C24H32Cl2N4O8S2. The van der Waals surface area contributed by atoms with Crippen LogP contribution in [0.2, 0.25) is 10.0 Å². The maximum atomic E-state index is 13.2. The second-order valence-corrected chi connectivity index (χ2v) is 14.1. The van der Waals surface area contributed by atoms with Gasteiger partial charge in [0.25, 0.3) is 0 Å². The van der Waals surface area contributed by atoms with E-state index in [1.54, 1.807) is 38.0 Å². The Morgan fingerprint density at radius 3 is 1.25 bits per heavy atom. The van der Waals surface area contributed by atoms with Crippen molar-refractivity contribution in [3.8, 4) is 11.5 Å². The van der Waals surface area contributed by atoms with E-state index in [1.807, 2.05) is 0 Å². The van der Waals surface area contributed by atoms with E-state index in [0.717, 1.165) is 32.9 Å². The van der Waals surface area contributed by atoms with Gasteiger partial charge in [-0.1, -0.05) is 23.2 Å². The summed E-state index contributed by atoms with van der Waals surface area (Å²) in [5.41, 5.74) is 0. The number of ether oxygens (including phenoxy) is 2. The van der Waals surface area contributed by atoms with Crippen molar-refractivity contribution in [1.29, 1.82) is 0 Å². The minimum atomic E-state index is -4.18. The van der Waals surface area contributed by atoms with Gasteiger partial charge < -0.3 is 19.3 Å². The minimum Gasteiger partial charge on any atom is -0.417 e. The smallest absolute Gasteiger partial charge is 0.417 e. The Kier molecular flexibility index (Phi) is 11.9. The summed E-state index contributed by atoms with van der Waals surface area (Å²) in [7, 11) is 1.43. The largest absolute Gasteiger partial charge is 0.423 e. The molecule has 0 aliphatic heterocycles. The number of benzene rings is 2. The van der Waals surface area contributed by atoms with Crippen LogP contribution in [0.3, 0.4) is 0 Å². The molecule has 0 saturated heterocycles. The monoisotopic (exact) mass is 638 g/mol. The first kappa shape index (κ1) is 33.9. The number of nitrogens with zero attached hydrogens (tertiary/aromatic N) is 4. The van der Waals surface area contributed by atoms with E-state index in [-0.39, 0.29) is 23.1 Å². The van der Waals surface area contributed by atoms with Crippen LogP contribution < -0.4 is 9.47 Å². The van der Waals surface area contributed by atoms with Crippen molar-refractivity contribution in [2.45, 2.75) is 9.79 Å². The Morgan fingerprint density at radius 1 is 0.625 bits per heavy atom. The molecule has 0 aromatic heterocycles. The summed E-state index contributed by atoms with van der Waals surface area (Å²) in [4.78, 5) is 28.0. The van der Waals surface area contributed by atoms with Crippen LogP contribution in [0, 0.1) is 0 Å². The summed E-state index contributed by atoms with van der Waals surface area (Å²) < 4.78 is 64.9. The molecule has 222 valence electrons. The topological polar surface area (TPSA) is 134 Å². The van der Waals surface area contributed by atoms with E-state index in [9.17, 15) is 26.4 Å². The lowest BCUT2D eigenvalue weighted by atomic mass is 10.3. The zero-order valence-electron chi connectivity index (χ0n) is 22.9. The highest BCUT2D eigenvalue weighted by Crippen LogP contribution is 2.31. The molecule has 16 heteroatoms. The summed E-state index contributed by atoms with van der Waals surface area (Å²) >= 11 is 12.0. The maximum Gasteiger partial charge on any atom is 0.423 e. The SMILES string of the molecule is CN(C)CCN(C)S(=O)(=O)c1cc(Cl)ccc1OC(=O)C(=O)Oc1ccc(Cl)cc1S(=O)(=O)N(C)CCN(C)C. The lowest BCUT2D eigenvalue weighted by molar-refractivity contribution is -0.156. The lowest BCUT2D eigenvalue weighted by Crippen LogP contribution is -2.34. The van der Waals surface area contributed by atoms with Crippen LogP contribution in [-0.4, -0.2) is 116 Å². The molecule has 0 N–H and O–H groups in total. The molecule has 0 amide bonds. The quantitative estimate of drug-likeness (QED) is 0.193. The number of carbonyl (C=O) groups is 2. The fraction of sp³-hybridized carbons (Fsp3) is 0.417. The number of likely N-dealkylation sites (N-methyl/N-ethyl adjacent to an activating group) is 4. The van der Waals surface area contributed by atoms with Crippen LogP contribution in [0.5, 0.6) is 11.5 Å². The van der Waals surface area contributed by atoms with E-state index in [0.29, 0.717) is 13.1 Å². The van der Waals surface area contributed by atoms with Crippen molar-refractivity contribution in [1.82, 2.24) is 18.4 Å². The highest BCUT2D eigenvalue weighted by molar-refractivity contribution is 7.89. The first-order valence-electron chi connectivity index (χ1n) is 11.7. The van der Waals surface area contributed by atoms with Gasteiger partial charge in [0, 0.05) is 50.3 Å². The van der Waals surface area contributed by atoms with Crippen molar-refractivity contribution in [3.63, 3.8) is 0 Å². The van der Waals surface area contributed by atoms with Gasteiger partial charge in [0.2, 0.25) is 20.0 Å². The molecule has 2 aromatic carbocycles. The van der Waals surface area contributed by atoms with Gasteiger partial charge >= 0.3 is 11.9 Å². The molecule has 2 aromatic rings. The summed E-state index contributed by atoms with van der Waals surface area (Å²) in [6.07, 6.45) is 0. The molecule has 0 fully saturated rings. The predicted molar refractivity (Wildman–Crippen MR) is 151 cm³/mol. The minimum absolute atomic E-state index is 0.0522. The standard InChI is InChI=1S/C24H32Cl2N4O8S2/c1-27(2)11-13-29(5)39(33,34)21-15-17(25)7-9-19(21)37-23(31)24(32)38-20-10-8-18(26)16-22(20)40(35,36)30(6)14-12-28(3)4/h7-10,15-16H,11-14H2,1-6H3. The van der Waals surface area contributed by atoms with E-state index in [1.165, 1.54) is 26.2 Å². The number of carbonyl (C=O) groups excluding carboxylic acids is 2. The van der Waals surface area contributed by atoms with Gasteiger partial charge in [0.1, 0.15) is 9.79 Å². The number of rotatable bonds is 12. The molecule has 0 unspecified atom stereocenters. The third-order valence-electron chi connectivity index (χ3n) is 5.48.